The highest BCUT2D eigenvalue weighted by molar-refractivity contribution is 5.83. The molecule has 0 aliphatic carbocycles. The Kier molecular flexibility index (Phi) is 6.10. The molecule has 2 aliphatic heterocycles. The molecular weight excluding hydrogens is 314 g/mol. The minimum Gasteiger partial charge on any atom is -0.393 e. The summed E-state index contributed by atoms with van der Waals surface area (Å²) in [5, 5.41) is 13.1. The molecule has 2 saturated heterocycles. The quantitative estimate of drug-likeness (QED) is 0.873. The van der Waals surface area contributed by atoms with Gasteiger partial charge >= 0.3 is 0 Å². The van der Waals surface area contributed by atoms with Crippen LogP contribution < -0.4 is 5.32 Å². The van der Waals surface area contributed by atoms with E-state index in [0.717, 1.165) is 31.7 Å². The third-order valence-electron chi connectivity index (χ3n) is 5.45. The molecule has 2 N–H and O–H groups in total. The molecule has 0 saturated carbocycles. The smallest absolute Gasteiger partial charge is 0.244 e. The van der Waals surface area contributed by atoms with E-state index in [1.165, 1.54) is 5.56 Å². The van der Waals surface area contributed by atoms with Gasteiger partial charge in [-0.25, -0.2) is 0 Å². The molecule has 2 heterocycles. The fraction of sp³-hybridized carbons (Fsp3) is 0.650. The predicted octanol–water partition coefficient (Wildman–Crippen LogP) is 1.74. The summed E-state index contributed by atoms with van der Waals surface area (Å²) in [4.78, 5) is 17.5. The Hall–Kier alpha value is -1.43. The number of hydrogen-bond acceptors (Lipinski definition) is 4. The number of nitrogens with one attached hydrogen (secondary N) is 1. The zero-order valence-corrected chi connectivity index (χ0v) is 15.4. The zero-order chi connectivity index (χ0) is 17.8. The minimum absolute atomic E-state index is 0.186. The monoisotopic (exact) mass is 345 g/mol. The molecule has 5 heteroatoms. The number of piperazine rings is 1. The molecule has 1 aromatic carbocycles. The van der Waals surface area contributed by atoms with Crippen LogP contribution in [0.15, 0.2) is 24.3 Å². The van der Waals surface area contributed by atoms with Gasteiger partial charge in [-0.15, -0.1) is 0 Å². The minimum atomic E-state index is -0.257. The van der Waals surface area contributed by atoms with Gasteiger partial charge in [-0.2, -0.15) is 0 Å². The second kappa shape index (κ2) is 8.30. The number of benzene rings is 1. The summed E-state index contributed by atoms with van der Waals surface area (Å²) < 4.78 is 0. The van der Waals surface area contributed by atoms with E-state index in [1.54, 1.807) is 0 Å². The first-order valence-electron chi connectivity index (χ1n) is 9.57. The lowest BCUT2D eigenvalue weighted by Crippen LogP contribution is -2.51. The van der Waals surface area contributed by atoms with Crippen molar-refractivity contribution in [2.24, 2.45) is 0 Å². The Bertz CT molecular complexity index is 559. The fourth-order valence-corrected chi connectivity index (χ4v) is 3.77. The zero-order valence-electron chi connectivity index (χ0n) is 15.4. The molecule has 138 valence electrons. The van der Waals surface area contributed by atoms with Crippen molar-refractivity contribution in [3.05, 3.63) is 35.4 Å². The number of carbonyl (C=O) groups is 1. The highest BCUT2D eigenvalue weighted by Gasteiger charge is 2.33. The van der Waals surface area contributed by atoms with Crippen LogP contribution in [0.5, 0.6) is 0 Å². The van der Waals surface area contributed by atoms with Crippen LogP contribution in [0.2, 0.25) is 0 Å². The molecule has 0 radical (unpaired) electrons. The number of rotatable bonds is 4. The average Bonchev–Trinajstić information content (AvgIpc) is 2.64. The Labute approximate surface area is 151 Å². The molecule has 1 unspecified atom stereocenters. The lowest BCUT2D eigenvalue weighted by atomic mass is 9.96. The van der Waals surface area contributed by atoms with Gasteiger partial charge in [0.05, 0.1) is 6.10 Å². The topological polar surface area (TPSA) is 55.8 Å². The summed E-state index contributed by atoms with van der Waals surface area (Å²) in [6.45, 7) is 9.32. The highest BCUT2D eigenvalue weighted by Crippen LogP contribution is 2.27. The van der Waals surface area contributed by atoms with Gasteiger partial charge < -0.3 is 15.3 Å². The molecule has 5 nitrogen and oxygen atoms in total. The second-order valence-electron chi connectivity index (χ2n) is 7.57. The Morgan fingerprint density at radius 3 is 2.16 bits per heavy atom. The average molecular weight is 345 g/mol. The first-order valence-corrected chi connectivity index (χ1v) is 9.57. The Morgan fingerprint density at radius 2 is 1.60 bits per heavy atom. The normalized spacial score (nSPS) is 21.5. The van der Waals surface area contributed by atoms with E-state index >= 15 is 0 Å². The highest BCUT2D eigenvalue weighted by atomic mass is 16.3. The molecule has 2 fully saturated rings. The summed E-state index contributed by atoms with van der Waals surface area (Å²) in [5.74, 6) is 0.678. The second-order valence-corrected chi connectivity index (χ2v) is 7.57. The summed E-state index contributed by atoms with van der Waals surface area (Å²) in [5.41, 5.74) is 2.39. The van der Waals surface area contributed by atoms with E-state index < -0.39 is 0 Å². The van der Waals surface area contributed by atoms with Crippen LogP contribution in [0.1, 0.15) is 49.8 Å². The number of carbonyl (C=O) groups excluding carboxylic acids is 1. The molecule has 3 rings (SSSR count). The third-order valence-corrected chi connectivity index (χ3v) is 5.45. The molecule has 1 amide bonds. The van der Waals surface area contributed by atoms with E-state index in [1.807, 2.05) is 4.90 Å². The molecule has 2 aliphatic rings. The van der Waals surface area contributed by atoms with Gasteiger partial charge in [0.15, 0.2) is 0 Å². The first-order chi connectivity index (χ1) is 12.1. The molecule has 0 spiro atoms. The van der Waals surface area contributed by atoms with Gasteiger partial charge in [0.1, 0.15) is 6.04 Å². The largest absolute Gasteiger partial charge is 0.393 e. The molecule has 25 heavy (non-hydrogen) atoms. The standard InChI is InChI=1S/C20H31N3O2/c1-15(2)16-3-5-17(6-4-16)19(22-13-9-21-10-14-22)20(25)23-11-7-18(24)8-12-23/h3-6,15,18-19,21,24H,7-14H2,1-2H3. The number of nitrogens with zero attached hydrogens (tertiary/aromatic N) is 2. The van der Waals surface area contributed by atoms with Gasteiger partial charge in [-0.1, -0.05) is 38.1 Å². The Balaban J connectivity index is 1.82. The van der Waals surface area contributed by atoms with E-state index in [9.17, 15) is 9.90 Å². The van der Waals surface area contributed by atoms with Crippen molar-refractivity contribution in [3.63, 3.8) is 0 Å². The molecule has 1 atom stereocenters. The SMILES string of the molecule is CC(C)c1ccc(C(C(=O)N2CCC(O)CC2)N2CCNCC2)cc1. The lowest BCUT2D eigenvalue weighted by Gasteiger charge is -2.39. The van der Waals surface area contributed by atoms with E-state index in [0.29, 0.717) is 31.8 Å². The van der Waals surface area contributed by atoms with Crippen LogP contribution in [-0.2, 0) is 4.79 Å². The van der Waals surface area contributed by atoms with Gasteiger partial charge in [-0.05, 0) is 29.9 Å². The maximum atomic E-state index is 13.3. The summed E-state index contributed by atoms with van der Waals surface area (Å²) in [7, 11) is 0. The number of aliphatic hydroxyl groups is 1. The van der Waals surface area contributed by atoms with Crippen molar-refractivity contribution in [2.45, 2.75) is 44.8 Å². The van der Waals surface area contributed by atoms with Crippen LogP contribution >= 0.6 is 0 Å². The van der Waals surface area contributed by atoms with Crippen molar-refractivity contribution in [1.29, 1.82) is 0 Å². The van der Waals surface area contributed by atoms with Crippen LogP contribution in [0.3, 0.4) is 0 Å². The Morgan fingerprint density at radius 1 is 1.04 bits per heavy atom. The summed E-state index contributed by atoms with van der Waals surface area (Å²) in [6.07, 6.45) is 1.12. The molecule has 1 aromatic rings. The summed E-state index contributed by atoms with van der Waals surface area (Å²) in [6, 6.07) is 8.35. The van der Waals surface area contributed by atoms with Crippen LogP contribution in [0, 0.1) is 0 Å². The molecule has 0 bridgehead atoms. The molecule has 0 aromatic heterocycles. The van der Waals surface area contributed by atoms with Crippen LogP contribution in [0.4, 0.5) is 0 Å². The van der Waals surface area contributed by atoms with Crippen molar-refractivity contribution in [3.8, 4) is 0 Å². The van der Waals surface area contributed by atoms with Gasteiger partial charge in [0, 0.05) is 39.3 Å². The number of amides is 1. The first kappa shape index (κ1) is 18.4. The molecular formula is C20H31N3O2. The fourth-order valence-electron chi connectivity index (χ4n) is 3.77. The van der Waals surface area contributed by atoms with Crippen LogP contribution in [0.25, 0.3) is 0 Å². The number of aliphatic hydroxyl groups excluding tert-OH is 1. The lowest BCUT2D eigenvalue weighted by molar-refractivity contribution is -0.139. The van der Waals surface area contributed by atoms with Crippen molar-refractivity contribution in [2.75, 3.05) is 39.3 Å². The number of likely N-dealkylation sites (tertiary alicyclic amines) is 1. The van der Waals surface area contributed by atoms with Crippen LogP contribution in [-0.4, -0.2) is 66.2 Å². The maximum Gasteiger partial charge on any atom is 0.244 e. The van der Waals surface area contributed by atoms with Gasteiger partial charge in [0.2, 0.25) is 5.91 Å². The maximum absolute atomic E-state index is 13.3. The predicted molar refractivity (Wildman–Crippen MR) is 99.5 cm³/mol. The number of piperidine rings is 1. The van der Waals surface area contributed by atoms with Crippen molar-refractivity contribution >= 4 is 5.91 Å². The van der Waals surface area contributed by atoms with E-state index in [4.69, 9.17) is 0 Å². The van der Waals surface area contributed by atoms with Crippen molar-refractivity contribution in [1.82, 2.24) is 15.1 Å². The van der Waals surface area contributed by atoms with Gasteiger partial charge in [0.25, 0.3) is 0 Å². The van der Waals surface area contributed by atoms with Crippen molar-refractivity contribution < 1.29 is 9.90 Å². The number of hydrogen-bond donors (Lipinski definition) is 2. The van der Waals surface area contributed by atoms with Gasteiger partial charge in [-0.3, -0.25) is 9.69 Å². The summed E-state index contributed by atoms with van der Waals surface area (Å²) >= 11 is 0. The van der Waals surface area contributed by atoms with E-state index in [2.05, 4.69) is 48.3 Å². The third kappa shape index (κ3) is 4.40. The van der Waals surface area contributed by atoms with E-state index in [-0.39, 0.29) is 18.1 Å².